The maximum Gasteiger partial charge on any atom is 0.0943 e. The Morgan fingerprint density at radius 1 is 1.58 bits per heavy atom. The SMILES string of the molecule is CCCS(=O)N1CC(C)C(O)C1. The van der Waals surface area contributed by atoms with Crippen LogP contribution in [-0.2, 0) is 11.0 Å². The van der Waals surface area contributed by atoms with Crippen molar-refractivity contribution in [2.24, 2.45) is 5.92 Å². The third-order valence-electron chi connectivity index (χ3n) is 2.21. The fourth-order valence-corrected chi connectivity index (χ4v) is 2.70. The van der Waals surface area contributed by atoms with Crippen LogP contribution in [0.5, 0.6) is 0 Å². The van der Waals surface area contributed by atoms with Gasteiger partial charge in [-0.1, -0.05) is 13.8 Å². The summed E-state index contributed by atoms with van der Waals surface area (Å²) in [6, 6.07) is 0. The van der Waals surface area contributed by atoms with Crippen LogP contribution in [0.15, 0.2) is 0 Å². The van der Waals surface area contributed by atoms with Gasteiger partial charge < -0.3 is 5.11 Å². The Balaban J connectivity index is 2.40. The van der Waals surface area contributed by atoms with Crippen molar-refractivity contribution in [2.45, 2.75) is 26.4 Å². The molecule has 1 N–H and O–H groups in total. The topological polar surface area (TPSA) is 40.5 Å². The average Bonchev–Trinajstić information content (AvgIpc) is 2.33. The van der Waals surface area contributed by atoms with Crippen LogP contribution >= 0.6 is 0 Å². The van der Waals surface area contributed by atoms with Crippen LogP contribution in [0.3, 0.4) is 0 Å². The third-order valence-corrected chi connectivity index (χ3v) is 3.84. The van der Waals surface area contributed by atoms with E-state index in [0.717, 1.165) is 18.7 Å². The van der Waals surface area contributed by atoms with Crippen LogP contribution in [0.2, 0.25) is 0 Å². The molecule has 1 rings (SSSR count). The summed E-state index contributed by atoms with van der Waals surface area (Å²) in [5.74, 6) is 0.991. The lowest BCUT2D eigenvalue weighted by atomic mass is 10.1. The fraction of sp³-hybridized carbons (Fsp3) is 1.00. The minimum atomic E-state index is -0.863. The molecular weight excluding hydrogens is 174 g/mol. The Bertz CT molecular complexity index is 164. The predicted molar refractivity (Wildman–Crippen MR) is 50.0 cm³/mol. The van der Waals surface area contributed by atoms with Gasteiger partial charge in [0, 0.05) is 18.8 Å². The van der Waals surface area contributed by atoms with E-state index in [1.54, 1.807) is 0 Å². The highest BCUT2D eigenvalue weighted by Gasteiger charge is 2.30. The molecule has 12 heavy (non-hydrogen) atoms. The van der Waals surface area contributed by atoms with E-state index in [1.165, 1.54) is 0 Å². The van der Waals surface area contributed by atoms with Crippen LogP contribution in [0.25, 0.3) is 0 Å². The highest BCUT2D eigenvalue weighted by Crippen LogP contribution is 2.17. The van der Waals surface area contributed by atoms with Crippen molar-refractivity contribution in [3.05, 3.63) is 0 Å². The quantitative estimate of drug-likeness (QED) is 0.700. The maximum absolute atomic E-state index is 11.5. The smallest absolute Gasteiger partial charge is 0.0943 e. The Kier molecular flexibility index (Phi) is 3.68. The second-order valence-electron chi connectivity index (χ2n) is 3.42. The Morgan fingerprint density at radius 3 is 2.67 bits per heavy atom. The Hall–Kier alpha value is 0.0700. The van der Waals surface area contributed by atoms with Crippen LogP contribution in [0.1, 0.15) is 20.3 Å². The maximum atomic E-state index is 11.5. The molecule has 0 amide bonds. The molecule has 3 unspecified atom stereocenters. The van der Waals surface area contributed by atoms with E-state index in [0.29, 0.717) is 6.54 Å². The van der Waals surface area contributed by atoms with Gasteiger partial charge in [0.2, 0.25) is 0 Å². The van der Waals surface area contributed by atoms with Gasteiger partial charge in [0.1, 0.15) is 0 Å². The Labute approximate surface area is 76.4 Å². The first-order valence-corrected chi connectivity index (χ1v) is 5.74. The molecule has 0 aliphatic carbocycles. The molecule has 1 aliphatic rings. The molecule has 4 heteroatoms. The summed E-state index contributed by atoms with van der Waals surface area (Å²) in [5.41, 5.74) is 0. The third kappa shape index (κ3) is 2.28. The number of nitrogens with zero attached hydrogens (tertiary/aromatic N) is 1. The van der Waals surface area contributed by atoms with Gasteiger partial charge in [0.25, 0.3) is 0 Å². The van der Waals surface area contributed by atoms with Crippen LogP contribution in [0.4, 0.5) is 0 Å². The lowest BCUT2D eigenvalue weighted by molar-refractivity contribution is 0.153. The highest BCUT2D eigenvalue weighted by atomic mass is 32.2. The number of rotatable bonds is 3. The van der Waals surface area contributed by atoms with Crippen molar-refractivity contribution in [3.63, 3.8) is 0 Å². The fourth-order valence-electron chi connectivity index (χ4n) is 1.38. The summed E-state index contributed by atoms with van der Waals surface area (Å²) in [6.45, 7) is 5.36. The van der Waals surface area contributed by atoms with Gasteiger partial charge in [0.05, 0.1) is 17.1 Å². The molecule has 0 aromatic heterocycles. The minimum Gasteiger partial charge on any atom is -0.391 e. The van der Waals surface area contributed by atoms with Gasteiger partial charge in [-0.15, -0.1) is 0 Å². The minimum absolute atomic E-state index is 0.269. The standard InChI is InChI=1S/C8H17NO2S/c1-3-4-12(11)9-5-7(2)8(10)6-9/h7-8,10H,3-6H2,1-2H3. The lowest BCUT2D eigenvalue weighted by Crippen LogP contribution is -2.26. The molecule has 0 spiro atoms. The average molecular weight is 191 g/mol. The monoisotopic (exact) mass is 191 g/mol. The van der Waals surface area contributed by atoms with Crippen molar-refractivity contribution in [2.75, 3.05) is 18.8 Å². The van der Waals surface area contributed by atoms with Gasteiger partial charge in [-0.2, -0.15) is 0 Å². The van der Waals surface area contributed by atoms with E-state index in [4.69, 9.17) is 0 Å². The normalized spacial score (nSPS) is 33.9. The van der Waals surface area contributed by atoms with Crippen molar-refractivity contribution in [3.8, 4) is 0 Å². The summed E-state index contributed by atoms with van der Waals surface area (Å²) in [7, 11) is -0.863. The summed E-state index contributed by atoms with van der Waals surface area (Å²) < 4.78 is 13.3. The van der Waals surface area contributed by atoms with Crippen molar-refractivity contribution in [1.29, 1.82) is 0 Å². The van der Waals surface area contributed by atoms with E-state index >= 15 is 0 Å². The van der Waals surface area contributed by atoms with Gasteiger partial charge in [0.15, 0.2) is 0 Å². The second kappa shape index (κ2) is 4.35. The molecule has 0 aromatic carbocycles. The van der Waals surface area contributed by atoms with Crippen molar-refractivity contribution in [1.82, 2.24) is 4.31 Å². The number of hydrogen-bond acceptors (Lipinski definition) is 2. The molecule has 72 valence electrons. The predicted octanol–water partition coefficient (Wildman–Crippen LogP) is 0.373. The zero-order chi connectivity index (χ0) is 9.14. The van der Waals surface area contributed by atoms with Crippen LogP contribution in [-0.4, -0.2) is 38.6 Å². The van der Waals surface area contributed by atoms with Gasteiger partial charge >= 0.3 is 0 Å². The van der Waals surface area contributed by atoms with Gasteiger partial charge in [-0.05, 0) is 12.3 Å². The molecule has 1 aliphatic heterocycles. The van der Waals surface area contributed by atoms with Crippen molar-refractivity contribution < 1.29 is 9.32 Å². The zero-order valence-electron chi connectivity index (χ0n) is 7.69. The van der Waals surface area contributed by atoms with Crippen LogP contribution in [0, 0.1) is 5.92 Å². The van der Waals surface area contributed by atoms with E-state index in [1.807, 2.05) is 18.2 Å². The molecule has 0 saturated carbocycles. The summed E-state index contributed by atoms with van der Waals surface area (Å²) >= 11 is 0. The molecule has 1 fully saturated rings. The Morgan fingerprint density at radius 2 is 2.25 bits per heavy atom. The summed E-state index contributed by atoms with van der Waals surface area (Å²) in [4.78, 5) is 0. The molecule has 1 heterocycles. The van der Waals surface area contributed by atoms with E-state index < -0.39 is 11.0 Å². The number of β-amino-alcohol motifs (C(OH)–C–C–N with tert-alkyl or cyclic N) is 1. The number of aliphatic hydroxyl groups excluding tert-OH is 1. The largest absolute Gasteiger partial charge is 0.391 e. The molecule has 1 saturated heterocycles. The first-order valence-electron chi connectivity index (χ1n) is 4.46. The molecular formula is C8H17NO2S. The summed E-state index contributed by atoms with van der Waals surface area (Å²) in [5, 5.41) is 9.41. The number of aliphatic hydroxyl groups is 1. The second-order valence-corrected chi connectivity index (χ2v) is 4.98. The first kappa shape index (κ1) is 10.2. The molecule has 3 atom stereocenters. The van der Waals surface area contributed by atoms with E-state index in [-0.39, 0.29) is 12.0 Å². The highest BCUT2D eigenvalue weighted by molar-refractivity contribution is 7.82. The van der Waals surface area contributed by atoms with Crippen molar-refractivity contribution >= 4 is 11.0 Å². The molecule has 0 bridgehead atoms. The van der Waals surface area contributed by atoms with Gasteiger partial charge in [-0.25, -0.2) is 8.51 Å². The first-order chi connectivity index (χ1) is 5.65. The lowest BCUT2D eigenvalue weighted by Gasteiger charge is -2.12. The molecule has 0 aromatic rings. The molecule has 3 nitrogen and oxygen atoms in total. The zero-order valence-corrected chi connectivity index (χ0v) is 8.51. The summed E-state index contributed by atoms with van der Waals surface area (Å²) in [6.07, 6.45) is 0.652. The molecule has 0 radical (unpaired) electrons. The number of hydrogen-bond donors (Lipinski definition) is 1. The van der Waals surface area contributed by atoms with Gasteiger partial charge in [-0.3, -0.25) is 0 Å². The van der Waals surface area contributed by atoms with Crippen LogP contribution < -0.4 is 0 Å². The van der Waals surface area contributed by atoms with E-state index in [2.05, 4.69) is 0 Å². The van der Waals surface area contributed by atoms with E-state index in [9.17, 15) is 9.32 Å².